The Morgan fingerprint density at radius 2 is 1.93 bits per heavy atom. The average molecular weight is 605 g/mol. The zero-order valence-electron chi connectivity index (χ0n) is 21.7. The predicted molar refractivity (Wildman–Crippen MR) is 147 cm³/mol. The van der Waals surface area contributed by atoms with E-state index in [0.717, 1.165) is 33.8 Å². The number of sulfonamides is 1. The number of allylic oxidation sites excluding steroid dienone is 2. The monoisotopic (exact) mass is 604 g/mol. The van der Waals surface area contributed by atoms with E-state index < -0.39 is 43.7 Å². The quantitative estimate of drug-likeness (QED) is 0.292. The molecule has 2 N–H and O–H groups in total. The van der Waals surface area contributed by atoms with E-state index in [-0.39, 0.29) is 30.9 Å². The maximum Gasteiger partial charge on any atom is 0.416 e. The number of rotatable bonds is 5. The number of aliphatic imine (C=N–C) groups is 1. The molecule has 0 saturated carbocycles. The van der Waals surface area contributed by atoms with Crippen LogP contribution in [0.2, 0.25) is 0 Å². The fraction of sp³-hybridized carbons (Fsp3) is 0.250. The Hall–Kier alpha value is -3.68. The van der Waals surface area contributed by atoms with E-state index in [4.69, 9.17) is 5.73 Å². The van der Waals surface area contributed by atoms with Crippen LogP contribution in [0.15, 0.2) is 87.2 Å². The van der Waals surface area contributed by atoms with Crippen molar-refractivity contribution < 1.29 is 30.8 Å². The average Bonchev–Trinajstić information content (AvgIpc) is 3.38. The lowest BCUT2D eigenvalue weighted by Crippen LogP contribution is -2.53. The molecule has 2 aromatic carbocycles. The minimum atomic E-state index is -4.73. The minimum absolute atomic E-state index is 0.0125. The van der Waals surface area contributed by atoms with Gasteiger partial charge in [-0.3, -0.25) is 4.79 Å². The van der Waals surface area contributed by atoms with Gasteiger partial charge in [0.25, 0.3) is 0 Å². The highest BCUT2D eigenvalue weighted by molar-refractivity contribution is 7.89. The molecule has 0 radical (unpaired) electrons. The summed E-state index contributed by atoms with van der Waals surface area (Å²) < 4.78 is 81.8. The number of nitrogens with two attached hydrogens (primary N) is 1. The van der Waals surface area contributed by atoms with Crippen molar-refractivity contribution in [2.45, 2.75) is 30.8 Å². The molecule has 1 saturated heterocycles. The van der Waals surface area contributed by atoms with E-state index in [1.165, 1.54) is 30.5 Å². The number of ketones is 1. The molecule has 41 heavy (non-hydrogen) atoms. The summed E-state index contributed by atoms with van der Waals surface area (Å²) in [6.45, 7) is 1.34. The van der Waals surface area contributed by atoms with Gasteiger partial charge in [0.2, 0.25) is 15.8 Å². The van der Waals surface area contributed by atoms with Gasteiger partial charge in [0.15, 0.2) is 5.01 Å². The third kappa shape index (κ3) is 5.48. The highest BCUT2D eigenvalue weighted by Gasteiger charge is 2.52. The number of carbonyl (C=O) groups is 1. The topological polar surface area (TPSA) is 106 Å². The predicted octanol–water partition coefficient (Wildman–Crippen LogP) is 5.82. The van der Waals surface area contributed by atoms with E-state index >= 15 is 0 Å². The van der Waals surface area contributed by atoms with Gasteiger partial charge in [-0.1, -0.05) is 11.6 Å². The Morgan fingerprint density at radius 1 is 1.20 bits per heavy atom. The number of thiazole rings is 1. The first-order valence-electron chi connectivity index (χ1n) is 12.4. The maximum absolute atomic E-state index is 14.1. The molecular weight excluding hydrogens is 580 g/mol. The summed E-state index contributed by atoms with van der Waals surface area (Å²) in [6.07, 6.45) is -1.64. The van der Waals surface area contributed by atoms with Crippen LogP contribution in [0.1, 0.15) is 33.9 Å². The number of carbonyl (C=O) groups excluding carboxylic acids is 1. The lowest BCUT2D eigenvalue weighted by atomic mass is 9.65. The molecule has 2 heterocycles. The number of Topliss-reactive ketones (excluding diaryl/α,β-unsaturated/α-hetero) is 1. The molecule has 2 aliphatic rings. The Balaban J connectivity index is 1.60. The molecule has 1 aromatic heterocycles. The summed E-state index contributed by atoms with van der Waals surface area (Å²) in [6, 6.07) is 9.04. The first-order valence-corrected chi connectivity index (χ1v) is 14.8. The van der Waals surface area contributed by atoms with Crippen molar-refractivity contribution in [1.82, 2.24) is 9.29 Å². The number of alkyl halides is 3. The van der Waals surface area contributed by atoms with Crippen molar-refractivity contribution in [3.05, 3.63) is 99.4 Å². The van der Waals surface area contributed by atoms with Crippen LogP contribution in [0.25, 0.3) is 0 Å². The number of halogens is 4. The van der Waals surface area contributed by atoms with Crippen LogP contribution in [0.5, 0.6) is 0 Å². The Bertz CT molecular complexity index is 1710. The van der Waals surface area contributed by atoms with Crippen molar-refractivity contribution >= 4 is 38.5 Å². The van der Waals surface area contributed by atoms with E-state index in [1.807, 2.05) is 0 Å². The van der Waals surface area contributed by atoms with E-state index in [1.54, 1.807) is 18.4 Å². The number of hydrogen-bond donors (Lipinski definition) is 1. The Kier molecular flexibility index (Phi) is 7.47. The van der Waals surface area contributed by atoms with Crippen LogP contribution in [0.4, 0.5) is 23.2 Å². The van der Waals surface area contributed by atoms with E-state index in [2.05, 4.69) is 9.98 Å². The van der Waals surface area contributed by atoms with Gasteiger partial charge in [-0.05, 0) is 80.1 Å². The summed E-state index contributed by atoms with van der Waals surface area (Å²) in [7, 11) is -4.41. The first kappa shape index (κ1) is 28.8. The molecule has 214 valence electrons. The summed E-state index contributed by atoms with van der Waals surface area (Å²) in [4.78, 5) is 22.5. The van der Waals surface area contributed by atoms with Gasteiger partial charge in [0, 0.05) is 24.2 Å². The molecule has 0 bridgehead atoms. The van der Waals surface area contributed by atoms with Crippen LogP contribution in [-0.2, 0) is 16.2 Å². The van der Waals surface area contributed by atoms with Crippen molar-refractivity contribution in [3.8, 4) is 0 Å². The van der Waals surface area contributed by atoms with Gasteiger partial charge < -0.3 is 5.73 Å². The highest BCUT2D eigenvalue weighted by atomic mass is 32.2. The molecular formula is C28H24F4N4O3S2. The number of benzene rings is 2. The van der Waals surface area contributed by atoms with Crippen molar-refractivity contribution in [2.24, 2.45) is 16.1 Å². The largest absolute Gasteiger partial charge is 0.416 e. The molecule has 0 spiro atoms. The summed E-state index contributed by atoms with van der Waals surface area (Å²) >= 11 is 1.13. The molecule has 0 amide bonds. The third-order valence-electron chi connectivity index (χ3n) is 7.15. The molecule has 1 aliphatic carbocycles. The molecule has 13 heteroatoms. The molecule has 0 unspecified atom stereocenters. The van der Waals surface area contributed by atoms with Crippen molar-refractivity contribution in [3.63, 3.8) is 0 Å². The summed E-state index contributed by atoms with van der Waals surface area (Å²) in [5, 5.41) is 1.89. The van der Waals surface area contributed by atoms with Crippen molar-refractivity contribution in [2.75, 3.05) is 13.1 Å². The zero-order chi connectivity index (χ0) is 29.6. The smallest absolute Gasteiger partial charge is 0.404 e. The van der Waals surface area contributed by atoms with Crippen molar-refractivity contribution in [1.29, 1.82) is 0 Å². The van der Waals surface area contributed by atoms with Crippen LogP contribution < -0.4 is 5.73 Å². The van der Waals surface area contributed by atoms with Gasteiger partial charge in [0.1, 0.15) is 5.82 Å². The second-order valence-electron chi connectivity index (χ2n) is 9.83. The van der Waals surface area contributed by atoms with Gasteiger partial charge in [0.05, 0.1) is 27.3 Å². The first-order chi connectivity index (χ1) is 19.3. The SMILES string of the molecule is Cc1csc(C(=O)[C@]23C/C(=C/N)C(=Nc4ccc(F)cc4)C=C2CCN(S(=O)(=O)c2cccc(C(F)(F)F)c2)C3)n1. The lowest BCUT2D eigenvalue weighted by molar-refractivity contribution is -0.137. The Morgan fingerprint density at radius 3 is 2.56 bits per heavy atom. The van der Waals surface area contributed by atoms with Gasteiger partial charge in [-0.2, -0.15) is 17.5 Å². The number of piperidine rings is 1. The fourth-order valence-corrected chi connectivity index (χ4v) is 7.45. The number of hydrogen-bond acceptors (Lipinski definition) is 7. The summed E-state index contributed by atoms with van der Waals surface area (Å²) in [5.74, 6) is -0.839. The second kappa shape index (κ2) is 10.6. The van der Waals surface area contributed by atoms with Gasteiger partial charge in [-0.15, -0.1) is 11.3 Å². The normalized spacial score (nSPS) is 22.0. The minimum Gasteiger partial charge on any atom is -0.404 e. The third-order valence-corrected chi connectivity index (χ3v) is 9.95. The fourth-order valence-electron chi connectivity index (χ4n) is 5.07. The molecule has 3 aromatic rings. The standard InChI is InChI=1S/C28H24F4N4O3S2/c1-17-15-40-26(34-17)25(37)27-13-18(14-33)24(35-22-7-5-21(29)6-8-22)12-19(27)9-10-36(16-27)41(38,39)23-4-2-3-20(11-23)28(30,31)32/h2-8,11-12,14-15H,9-10,13,16,33H2,1H3/b18-14-,35-24?/t27-/m0/s1. The number of nitrogens with zero attached hydrogens (tertiary/aromatic N) is 3. The van der Waals surface area contributed by atoms with Crippen LogP contribution in [0, 0.1) is 18.2 Å². The number of fused-ring (bicyclic) bond motifs is 1. The number of aryl methyl sites for hydroxylation is 1. The molecule has 7 nitrogen and oxygen atoms in total. The molecule has 1 atom stereocenters. The van der Waals surface area contributed by atoms with Crippen LogP contribution in [-0.4, -0.2) is 42.3 Å². The Labute approximate surface area is 237 Å². The molecule has 5 rings (SSSR count). The molecule has 1 fully saturated rings. The maximum atomic E-state index is 14.1. The highest BCUT2D eigenvalue weighted by Crippen LogP contribution is 2.48. The van der Waals surface area contributed by atoms with Gasteiger partial charge >= 0.3 is 6.18 Å². The lowest BCUT2D eigenvalue weighted by Gasteiger charge is -2.45. The summed E-state index contributed by atoms with van der Waals surface area (Å²) in [5.41, 5.74) is 6.05. The zero-order valence-corrected chi connectivity index (χ0v) is 23.3. The van der Waals surface area contributed by atoms with Crippen LogP contribution in [0.3, 0.4) is 0 Å². The van der Waals surface area contributed by atoms with Crippen LogP contribution >= 0.6 is 11.3 Å². The van der Waals surface area contributed by atoms with Gasteiger partial charge in [-0.25, -0.2) is 22.8 Å². The number of aromatic nitrogens is 1. The second-order valence-corrected chi connectivity index (χ2v) is 12.6. The van der Waals surface area contributed by atoms with E-state index in [0.29, 0.717) is 34.3 Å². The molecule has 1 aliphatic heterocycles. The van der Waals surface area contributed by atoms with E-state index in [9.17, 15) is 30.8 Å².